The molecule has 0 saturated carbocycles. The normalized spacial score (nSPS) is 11.0. The minimum absolute atomic E-state index is 0.634. The standard InChI is InChI=1S/C19H13ClN4S/c20-17-8-6-16(7-9-17)18-13-25-19(23-18)24-22-10-2-5-14-3-1-4-15(11-14)12-21/h1-11,13H,(H,23,24). The first kappa shape index (κ1) is 16.9. The summed E-state index contributed by atoms with van der Waals surface area (Å²) in [6, 6.07) is 17.0. The molecule has 0 bridgehead atoms. The lowest BCUT2D eigenvalue weighted by Crippen LogP contribution is -1.87. The van der Waals surface area contributed by atoms with Crippen molar-refractivity contribution in [1.29, 1.82) is 5.26 Å². The highest BCUT2D eigenvalue weighted by atomic mass is 35.5. The van der Waals surface area contributed by atoms with Gasteiger partial charge in [-0.05, 0) is 35.9 Å². The Morgan fingerprint density at radius 3 is 2.84 bits per heavy atom. The van der Waals surface area contributed by atoms with Crippen molar-refractivity contribution in [2.75, 3.05) is 5.43 Å². The van der Waals surface area contributed by atoms with Gasteiger partial charge in [-0.25, -0.2) is 4.98 Å². The van der Waals surface area contributed by atoms with Gasteiger partial charge in [-0.2, -0.15) is 10.4 Å². The van der Waals surface area contributed by atoms with Crippen LogP contribution in [0, 0.1) is 11.3 Å². The topological polar surface area (TPSA) is 61.1 Å². The van der Waals surface area contributed by atoms with Gasteiger partial charge < -0.3 is 0 Å². The number of benzene rings is 2. The van der Waals surface area contributed by atoms with Crippen molar-refractivity contribution in [3.63, 3.8) is 0 Å². The van der Waals surface area contributed by atoms with Crippen molar-refractivity contribution in [3.8, 4) is 17.3 Å². The van der Waals surface area contributed by atoms with E-state index < -0.39 is 0 Å². The maximum atomic E-state index is 8.87. The minimum atomic E-state index is 0.634. The molecular formula is C19H13ClN4S. The molecule has 2 aromatic carbocycles. The first-order valence-corrected chi connectivity index (χ1v) is 8.68. The van der Waals surface area contributed by atoms with Gasteiger partial charge in [-0.3, -0.25) is 5.43 Å². The molecule has 6 heteroatoms. The van der Waals surface area contributed by atoms with Gasteiger partial charge in [0.25, 0.3) is 0 Å². The second-order valence-corrected chi connectivity index (χ2v) is 6.33. The Kier molecular flexibility index (Phi) is 5.57. The average molecular weight is 365 g/mol. The van der Waals surface area contributed by atoms with Crippen LogP contribution in [0.15, 0.2) is 65.1 Å². The highest BCUT2D eigenvalue weighted by Crippen LogP contribution is 2.25. The fraction of sp³-hybridized carbons (Fsp3) is 0. The Hall–Kier alpha value is -2.94. The molecule has 1 aromatic heterocycles. The molecule has 3 rings (SSSR count). The molecule has 1 heterocycles. The monoisotopic (exact) mass is 364 g/mol. The Morgan fingerprint density at radius 2 is 2.04 bits per heavy atom. The molecular weight excluding hydrogens is 352 g/mol. The molecule has 3 aromatic rings. The van der Waals surface area contributed by atoms with Gasteiger partial charge in [0.1, 0.15) is 0 Å². The highest BCUT2D eigenvalue weighted by molar-refractivity contribution is 7.14. The van der Waals surface area contributed by atoms with Crippen LogP contribution in [-0.4, -0.2) is 11.2 Å². The zero-order valence-corrected chi connectivity index (χ0v) is 14.6. The lowest BCUT2D eigenvalue weighted by Gasteiger charge is -1.96. The number of thiazole rings is 1. The summed E-state index contributed by atoms with van der Waals surface area (Å²) in [5, 5.41) is 16.4. The molecule has 25 heavy (non-hydrogen) atoms. The second kappa shape index (κ2) is 8.25. The highest BCUT2D eigenvalue weighted by Gasteiger charge is 2.03. The Morgan fingerprint density at radius 1 is 1.20 bits per heavy atom. The number of hydrogen-bond acceptors (Lipinski definition) is 5. The quantitative estimate of drug-likeness (QED) is 0.484. The van der Waals surface area contributed by atoms with Crippen molar-refractivity contribution in [2.45, 2.75) is 0 Å². The number of rotatable bonds is 5. The molecule has 0 saturated heterocycles. The molecule has 0 atom stereocenters. The summed E-state index contributed by atoms with van der Waals surface area (Å²) in [5.74, 6) is 0. The van der Waals surface area contributed by atoms with Crippen molar-refractivity contribution >= 4 is 40.4 Å². The molecule has 0 aliphatic rings. The van der Waals surface area contributed by atoms with E-state index in [9.17, 15) is 0 Å². The summed E-state index contributed by atoms with van der Waals surface area (Å²) in [5.41, 5.74) is 6.37. The summed E-state index contributed by atoms with van der Waals surface area (Å²) in [7, 11) is 0. The molecule has 0 fully saturated rings. The molecule has 0 aliphatic heterocycles. The lowest BCUT2D eigenvalue weighted by atomic mass is 10.1. The molecule has 1 N–H and O–H groups in total. The third-order valence-electron chi connectivity index (χ3n) is 3.27. The summed E-state index contributed by atoms with van der Waals surface area (Å²) in [6.07, 6.45) is 5.33. The molecule has 4 nitrogen and oxygen atoms in total. The van der Waals surface area contributed by atoms with Gasteiger partial charge in [0, 0.05) is 22.2 Å². The number of hydrazone groups is 1. The molecule has 0 spiro atoms. The summed E-state index contributed by atoms with van der Waals surface area (Å²) < 4.78 is 0. The molecule has 0 radical (unpaired) electrons. The number of halogens is 1. The Bertz CT molecular complexity index is 952. The third kappa shape index (κ3) is 4.77. The molecule has 0 amide bonds. The van der Waals surface area contributed by atoms with Gasteiger partial charge in [-0.1, -0.05) is 41.9 Å². The van der Waals surface area contributed by atoms with E-state index in [0.29, 0.717) is 15.7 Å². The van der Waals surface area contributed by atoms with Crippen molar-refractivity contribution in [2.24, 2.45) is 5.10 Å². The number of hydrogen-bond donors (Lipinski definition) is 1. The number of anilines is 1. The summed E-state index contributed by atoms with van der Waals surface area (Å²) in [4.78, 5) is 4.48. The smallest absolute Gasteiger partial charge is 0.203 e. The number of nitrogens with zero attached hydrogens (tertiary/aromatic N) is 3. The Labute approximate surface area is 154 Å². The van der Waals surface area contributed by atoms with Crippen molar-refractivity contribution in [3.05, 3.63) is 76.1 Å². The van der Waals surface area contributed by atoms with E-state index in [2.05, 4.69) is 21.6 Å². The number of nitriles is 1. The minimum Gasteiger partial charge on any atom is -0.253 e. The predicted molar refractivity (Wildman–Crippen MR) is 105 cm³/mol. The van der Waals surface area contributed by atoms with Crippen LogP contribution in [-0.2, 0) is 0 Å². The molecule has 0 unspecified atom stereocenters. The van der Waals surface area contributed by atoms with Gasteiger partial charge in [-0.15, -0.1) is 11.3 Å². The second-order valence-electron chi connectivity index (χ2n) is 5.03. The van der Waals surface area contributed by atoms with E-state index in [1.165, 1.54) is 11.3 Å². The largest absolute Gasteiger partial charge is 0.253 e. The fourth-order valence-electron chi connectivity index (χ4n) is 2.08. The van der Waals surface area contributed by atoms with E-state index >= 15 is 0 Å². The average Bonchev–Trinajstić information content (AvgIpc) is 3.11. The van der Waals surface area contributed by atoms with Crippen LogP contribution in [0.3, 0.4) is 0 Å². The van der Waals surface area contributed by atoms with Gasteiger partial charge in [0.05, 0.1) is 17.3 Å². The van der Waals surface area contributed by atoms with Crippen LogP contribution in [0.4, 0.5) is 5.13 Å². The van der Waals surface area contributed by atoms with E-state index in [1.807, 2.05) is 53.9 Å². The zero-order chi connectivity index (χ0) is 17.5. The number of allylic oxidation sites excluding steroid dienone is 1. The SMILES string of the molecule is N#Cc1cccc(C=CC=NNc2nc(-c3ccc(Cl)cc3)cs2)c1. The molecule has 122 valence electrons. The van der Waals surface area contributed by atoms with E-state index in [1.54, 1.807) is 18.4 Å². The predicted octanol–water partition coefficient (Wildman–Crippen LogP) is 5.45. The van der Waals surface area contributed by atoms with Crippen LogP contribution in [0.1, 0.15) is 11.1 Å². The van der Waals surface area contributed by atoms with Crippen LogP contribution in [0.2, 0.25) is 5.02 Å². The first-order valence-electron chi connectivity index (χ1n) is 7.42. The fourth-order valence-corrected chi connectivity index (χ4v) is 2.87. The summed E-state index contributed by atoms with van der Waals surface area (Å²) in [6.45, 7) is 0. The van der Waals surface area contributed by atoms with Crippen molar-refractivity contribution in [1.82, 2.24) is 4.98 Å². The number of nitrogens with one attached hydrogen (secondary N) is 1. The zero-order valence-electron chi connectivity index (χ0n) is 13.1. The Balaban J connectivity index is 1.58. The van der Waals surface area contributed by atoms with Crippen LogP contribution in [0.5, 0.6) is 0 Å². The first-order chi connectivity index (χ1) is 12.2. The van der Waals surface area contributed by atoms with Crippen LogP contribution >= 0.6 is 22.9 Å². The summed E-state index contributed by atoms with van der Waals surface area (Å²) >= 11 is 7.37. The van der Waals surface area contributed by atoms with Gasteiger partial charge >= 0.3 is 0 Å². The van der Waals surface area contributed by atoms with Crippen LogP contribution < -0.4 is 5.43 Å². The molecule has 0 aliphatic carbocycles. The van der Waals surface area contributed by atoms with Crippen molar-refractivity contribution < 1.29 is 0 Å². The maximum Gasteiger partial charge on any atom is 0.203 e. The van der Waals surface area contributed by atoms with Gasteiger partial charge in [0.15, 0.2) is 0 Å². The van der Waals surface area contributed by atoms with E-state index in [4.69, 9.17) is 16.9 Å². The van der Waals surface area contributed by atoms with Crippen LogP contribution in [0.25, 0.3) is 17.3 Å². The van der Waals surface area contributed by atoms with E-state index in [-0.39, 0.29) is 0 Å². The maximum absolute atomic E-state index is 8.87. The van der Waals surface area contributed by atoms with E-state index in [0.717, 1.165) is 16.8 Å². The lowest BCUT2D eigenvalue weighted by molar-refractivity contribution is 1.29. The number of aromatic nitrogens is 1. The van der Waals surface area contributed by atoms with Gasteiger partial charge in [0.2, 0.25) is 5.13 Å². The third-order valence-corrected chi connectivity index (χ3v) is 4.27.